The van der Waals surface area contributed by atoms with Gasteiger partial charge in [-0.1, -0.05) is 19.1 Å². The molecule has 0 bridgehead atoms. The van der Waals surface area contributed by atoms with E-state index in [1.165, 1.54) is 17.1 Å². The summed E-state index contributed by atoms with van der Waals surface area (Å²) in [7, 11) is 0. The van der Waals surface area contributed by atoms with Gasteiger partial charge >= 0.3 is 12.1 Å². The second-order valence-corrected chi connectivity index (χ2v) is 16.2. The number of amides is 3. The average Bonchev–Trinajstić information content (AvgIpc) is 3.97. The third-order valence-corrected chi connectivity index (χ3v) is 12.4. The Morgan fingerprint density at radius 3 is 2.55 bits per heavy atom. The highest BCUT2D eigenvalue weighted by Crippen LogP contribution is 2.42. The van der Waals surface area contributed by atoms with Gasteiger partial charge in [-0.15, -0.1) is 5.10 Å². The minimum atomic E-state index is -1.92. The van der Waals surface area contributed by atoms with Gasteiger partial charge in [0.2, 0.25) is 11.5 Å². The molecular formula is C44H49N7O11. The molecule has 1 fully saturated rings. The van der Waals surface area contributed by atoms with E-state index in [0.717, 1.165) is 29.4 Å². The van der Waals surface area contributed by atoms with Crippen molar-refractivity contribution in [1.29, 1.82) is 0 Å². The van der Waals surface area contributed by atoms with Gasteiger partial charge in [0.05, 0.1) is 67.6 Å². The van der Waals surface area contributed by atoms with Crippen LogP contribution < -0.4 is 10.9 Å². The van der Waals surface area contributed by atoms with E-state index in [2.05, 4.69) is 15.6 Å². The summed E-state index contributed by atoms with van der Waals surface area (Å²) < 4.78 is 25.8. The molecule has 3 aliphatic heterocycles. The fourth-order valence-corrected chi connectivity index (χ4v) is 8.95. The maximum Gasteiger partial charge on any atom is 0.509 e. The molecule has 1 aliphatic carbocycles. The number of rotatable bonds is 15. The number of hydrogen-bond acceptors (Lipinski definition) is 14. The van der Waals surface area contributed by atoms with Crippen LogP contribution in [0.2, 0.25) is 0 Å². The van der Waals surface area contributed by atoms with E-state index in [0.29, 0.717) is 61.4 Å². The first-order valence-corrected chi connectivity index (χ1v) is 21.2. The highest BCUT2D eigenvalue weighted by atomic mass is 16.7. The van der Waals surface area contributed by atoms with E-state index in [1.54, 1.807) is 46.6 Å². The number of pyridine rings is 2. The van der Waals surface area contributed by atoms with Gasteiger partial charge in [-0.3, -0.25) is 24.1 Å². The van der Waals surface area contributed by atoms with E-state index in [-0.39, 0.29) is 97.4 Å². The van der Waals surface area contributed by atoms with Crippen LogP contribution >= 0.6 is 0 Å². The fraction of sp³-hybridized carbons (Fsp3) is 0.477. The van der Waals surface area contributed by atoms with Gasteiger partial charge in [-0.05, 0) is 81.2 Å². The number of nitrogens with one attached hydrogen (secondary N) is 1. The van der Waals surface area contributed by atoms with Gasteiger partial charge in [0.15, 0.2) is 0 Å². The fourth-order valence-electron chi connectivity index (χ4n) is 8.95. The maximum atomic E-state index is 14.0. The molecule has 0 saturated heterocycles. The Labute approximate surface area is 356 Å². The van der Waals surface area contributed by atoms with Crippen molar-refractivity contribution < 1.29 is 48.0 Å². The molecule has 62 heavy (non-hydrogen) atoms. The smallest absolute Gasteiger partial charge is 0.508 e. The molecule has 3 amide bonds. The minimum Gasteiger partial charge on any atom is -0.508 e. The molecule has 2 atom stereocenters. The summed E-state index contributed by atoms with van der Waals surface area (Å²) in [5, 5.41) is 22.2. The minimum absolute atomic E-state index is 0.0157. The summed E-state index contributed by atoms with van der Waals surface area (Å²) in [6, 6.07) is 6.65. The van der Waals surface area contributed by atoms with E-state index in [4.69, 9.17) is 23.9 Å². The highest BCUT2D eigenvalue weighted by molar-refractivity contribution is 6.12. The van der Waals surface area contributed by atoms with Crippen LogP contribution in [0.25, 0.3) is 22.3 Å². The van der Waals surface area contributed by atoms with Crippen molar-refractivity contribution >= 4 is 40.7 Å². The molecular weight excluding hydrogens is 803 g/mol. The zero-order valence-corrected chi connectivity index (χ0v) is 34.9. The predicted molar refractivity (Wildman–Crippen MR) is 219 cm³/mol. The molecule has 2 N–H and O–H groups in total. The summed E-state index contributed by atoms with van der Waals surface area (Å²) in [5.74, 6) is -1.26. The van der Waals surface area contributed by atoms with Gasteiger partial charge in [-0.2, -0.15) is 0 Å². The lowest BCUT2D eigenvalue weighted by Gasteiger charge is -2.35. The van der Waals surface area contributed by atoms with Gasteiger partial charge in [-0.25, -0.2) is 19.3 Å². The highest BCUT2D eigenvalue weighted by Gasteiger charge is 2.51. The van der Waals surface area contributed by atoms with Crippen molar-refractivity contribution in [2.45, 2.75) is 104 Å². The number of hydrogen-bond donors (Lipinski definition) is 2. The lowest BCUT2D eigenvalue weighted by molar-refractivity contribution is -0.175. The second kappa shape index (κ2) is 17.5. The van der Waals surface area contributed by atoms with Crippen LogP contribution in [0.5, 0.6) is 5.75 Å². The van der Waals surface area contributed by atoms with Crippen LogP contribution in [0.3, 0.4) is 0 Å². The van der Waals surface area contributed by atoms with Crippen LogP contribution in [0.4, 0.5) is 4.79 Å². The van der Waals surface area contributed by atoms with E-state index in [9.17, 15) is 33.9 Å². The number of ether oxygens (including phenoxy) is 4. The van der Waals surface area contributed by atoms with Crippen molar-refractivity contribution in [2.75, 3.05) is 19.8 Å². The molecule has 4 aliphatic rings. The average molecular weight is 852 g/mol. The number of aryl methyl sites for hydroxylation is 1. The van der Waals surface area contributed by atoms with E-state index < -0.39 is 17.7 Å². The SMILES string of the molecule is CCc1c2c(nc3ccc(O)cc13)-c1cc3c(c(=O)n1C2)COC(=O)[C@@]3(CC)OC(=O)OCCC(C)OCCn1cc(CNC(=O)C2CCC(CN3C(=O)C=CC3=O)CC2)nn1. The van der Waals surface area contributed by atoms with Gasteiger partial charge < -0.3 is 33.9 Å². The largest absolute Gasteiger partial charge is 0.509 e. The molecule has 8 rings (SSSR count). The molecule has 1 unspecified atom stereocenters. The lowest BCUT2D eigenvalue weighted by atomic mass is 9.81. The Morgan fingerprint density at radius 2 is 1.81 bits per heavy atom. The molecule has 3 aromatic heterocycles. The number of aromatic nitrogens is 5. The van der Waals surface area contributed by atoms with Crippen molar-refractivity contribution in [2.24, 2.45) is 11.8 Å². The normalized spacial score (nSPS) is 20.8. The summed E-state index contributed by atoms with van der Waals surface area (Å²) in [5.41, 5.74) is 2.30. The lowest BCUT2D eigenvalue weighted by Crippen LogP contribution is -2.47. The number of esters is 1. The Morgan fingerprint density at radius 1 is 1.03 bits per heavy atom. The van der Waals surface area contributed by atoms with Crippen LogP contribution in [-0.2, 0) is 76.4 Å². The van der Waals surface area contributed by atoms with Crippen LogP contribution in [0, 0.1) is 11.8 Å². The molecule has 326 valence electrons. The predicted octanol–water partition coefficient (Wildman–Crippen LogP) is 3.94. The number of imide groups is 1. The first-order valence-electron chi connectivity index (χ1n) is 21.2. The van der Waals surface area contributed by atoms with Gasteiger partial charge in [0.25, 0.3) is 17.4 Å². The summed E-state index contributed by atoms with van der Waals surface area (Å²) >= 11 is 0. The second-order valence-electron chi connectivity index (χ2n) is 16.2. The number of phenols is 1. The zero-order valence-electron chi connectivity index (χ0n) is 34.9. The molecule has 18 heteroatoms. The third kappa shape index (κ3) is 8.18. The van der Waals surface area contributed by atoms with Crippen LogP contribution in [0.15, 0.2) is 47.4 Å². The quantitative estimate of drug-likeness (QED) is 0.113. The number of aromatic hydroxyl groups is 1. The molecule has 0 radical (unpaired) electrons. The molecule has 6 heterocycles. The first-order chi connectivity index (χ1) is 29.9. The van der Waals surface area contributed by atoms with E-state index in [1.807, 2.05) is 13.8 Å². The summed E-state index contributed by atoms with van der Waals surface area (Å²) in [6.45, 7) is 6.69. The third-order valence-electron chi connectivity index (χ3n) is 12.4. The van der Waals surface area contributed by atoms with Crippen molar-refractivity contribution in [3.63, 3.8) is 0 Å². The Kier molecular flexibility index (Phi) is 11.9. The van der Waals surface area contributed by atoms with E-state index >= 15 is 0 Å². The molecule has 18 nitrogen and oxygen atoms in total. The monoisotopic (exact) mass is 851 g/mol. The first kappa shape index (κ1) is 42.3. The van der Waals surface area contributed by atoms with Crippen molar-refractivity contribution in [1.82, 2.24) is 34.8 Å². The Balaban J connectivity index is 0.800. The summed E-state index contributed by atoms with van der Waals surface area (Å²) in [6.07, 6.45) is 6.72. The zero-order chi connectivity index (χ0) is 43.7. The summed E-state index contributed by atoms with van der Waals surface area (Å²) in [4.78, 5) is 83.4. The van der Waals surface area contributed by atoms with Gasteiger partial charge in [0, 0.05) is 47.5 Å². The number of carbonyl (C=O) groups excluding carboxylic acids is 5. The number of phenolic OH excluding ortho intramolecular Hbond substituents is 1. The molecule has 0 spiro atoms. The number of fused-ring (bicyclic) bond motifs is 5. The standard InChI is InChI=1S/C44H49N7O11/c1-4-30-31-18-29(52)10-11-35(31)46-39-32(30)23-50-36(39)19-34-33(41(50)56)24-61-42(57)44(34,5-2)62-43(58)60-16-14-25(3)59-17-15-49-22-28(47-48-49)20-45-40(55)27-8-6-26(7-9-27)21-51-37(53)12-13-38(51)54/h10-13,18-19,22,25-27,52H,4-9,14-17,20-21,23-24H2,1-3H3,(H,45,55)/t25?,26?,27?,44-/m0/s1. The number of carbonyl (C=O) groups is 5. The van der Waals surface area contributed by atoms with Crippen LogP contribution in [-0.4, -0.2) is 90.3 Å². The topological polar surface area (TPSA) is 223 Å². The maximum absolute atomic E-state index is 14.0. The molecule has 4 aromatic rings. The Hall–Kier alpha value is -6.43. The van der Waals surface area contributed by atoms with Gasteiger partial charge in [0.1, 0.15) is 18.1 Å². The van der Waals surface area contributed by atoms with Crippen LogP contribution in [0.1, 0.15) is 87.2 Å². The number of benzene rings is 1. The molecule has 1 aromatic carbocycles. The number of cyclic esters (lactones) is 1. The number of nitrogens with zero attached hydrogens (tertiary/aromatic N) is 6. The molecule has 1 saturated carbocycles. The van der Waals surface area contributed by atoms with Crippen molar-refractivity contribution in [3.8, 4) is 17.1 Å². The van der Waals surface area contributed by atoms with Crippen molar-refractivity contribution in [3.05, 3.63) is 80.9 Å². The Bertz CT molecular complexity index is 2520.